The predicted octanol–water partition coefficient (Wildman–Crippen LogP) is 2.41. The quantitative estimate of drug-likeness (QED) is 0.889. The Labute approximate surface area is 97.5 Å². The van der Waals surface area contributed by atoms with Crippen molar-refractivity contribution in [1.29, 1.82) is 0 Å². The van der Waals surface area contributed by atoms with Gasteiger partial charge in [0, 0.05) is 18.3 Å². The maximum absolute atomic E-state index is 8.92. The molecular weight excluding hydrogens is 228 g/mol. The van der Waals surface area contributed by atoms with Gasteiger partial charge in [-0.2, -0.15) is 0 Å². The van der Waals surface area contributed by atoms with Gasteiger partial charge in [-0.25, -0.2) is 4.98 Å². The molecule has 0 saturated heterocycles. The average Bonchev–Trinajstić information content (AvgIpc) is 2.29. The number of hydrogen-bond acceptors (Lipinski definition) is 4. The summed E-state index contributed by atoms with van der Waals surface area (Å²) in [5.41, 5.74) is 0.549. The minimum atomic E-state index is -0.120. The van der Waals surface area contributed by atoms with Gasteiger partial charge in [0.25, 0.3) is 0 Å². The molecule has 4 nitrogen and oxygen atoms in total. The highest BCUT2D eigenvalue weighted by atomic mass is 35.5. The Hall–Kier alpha value is -1.65. The Bertz CT molecular complexity index is 491. The van der Waals surface area contributed by atoms with Crippen molar-refractivity contribution in [3.05, 3.63) is 47.4 Å². The van der Waals surface area contributed by atoms with Crippen molar-refractivity contribution < 1.29 is 9.84 Å². The van der Waals surface area contributed by atoms with E-state index >= 15 is 0 Å². The first-order valence-electron chi connectivity index (χ1n) is 4.63. The molecule has 0 spiro atoms. The molecule has 0 saturated carbocycles. The van der Waals surface area contributed by atoms with Gasteiger partial charge in [-0.15, -0.1) is 0 Å². The maximum atomic E-state index is 8.92. The molecule has 2 rings (SSSR count). The number of ether oxygens (including phenoxy) is 1. The summed E-state index contributed by atoms with van der Waals surface area (Å²) in [6.07, 6.45) is 3.06. The summed E-state index contributed by atoms with van der Waals surface area (Å²) in [5.74, 6) is 0.908. The molecule has 1 N–H and O–H groups in total. The topological polar surface area (TPSA) is 55.2 Å². The zero-order valence-corrected chi connectivity index (χ0v) is 9.05. The molecule has 0 bridgehead atoms. The monoisotopic (exact) mass is 236 g/mol. The van der Waals surface area contributed by atoms with Gasteiger partial charge in [0.1, 0.15) is 5.75 Å². The maximum Gasteiger partial charge on any atom is 0.219 e. The first kappa shape index (κ1) is 10.9. The van der Waals surface area contributed by atoms with Gasteiger partial charge in [-0.3, -0.25) is 4.98 Å². The number of halogens is 1. The molecule has 16 heavy (non-hydrogen) atoms. The van der Waals surface area contributed by atoms with E-state index in [0.29, 0.717) is 22.3 Å². The van der Waals surface area contributed by atoms with Gasteiger partial charge in [-0.1, -0.05) is 17.7 Å². The van der Waals surface area contributed by atoms with E-state index in [1.165, 1.54) is 6.20 Å². The highest BCUT2D eigenvalue weighted by Gasteiger charge is 2.01. The minimum absolute atomic E-state index is 0.120. The summed E-state index contributed by atoms with van der Waals surface area (Å²) in [7, 11) is 0. The predicted molar refractivity (Wildman–Crippen MR) is 59.5 cm³/mol. The van der Waals surface area contributed by atoms with E-state index < -0.39 is 0 Å². The largest absolute Gasteiger partial charge is 0.437 e. The van der Waals surface area contributed by atoms with E-state index in [0.717, 1.165) is 0 Å². The van der Waals surface area contributed by atoms with Crippen molar-refractivity contribution in [3.63, 3.8) is 0 Å². The number of pyridine rings is 2. The van der Waals surface area contributed by atoms with Crippen LogP contribution in [0.3, 0.4) is 0 Å². The highest BCUT2D eigenvalue weighted by molar-refractivity contribution is 6.30. The summed E-state index contributed by atoms with van der Waals surface area (Å²) >= 11 is 5.77. The van der Waals surface area contributed by atoms with Crippen LogP contribution in [-0.2, 0) is 6.61 Å². The van der Waals surface area contributed by atoms with Gasteiger partial charge < -0.3 is 9.84 Å². The van der Waals surface area contributed by atoms with Crippen molar-refractivity contribution in [2.24, 2.45) is 0 Å². The lowest BCUT2D eigenvalue weighted by molar-refractivity contribution is 0.275. The van der Waals surface area contributed by atoms with E-state index in [4.69, 9.17) is 21.4 Å². The number of hydrogen-bond donors (Lipinski definition) is 1. The fraction of sp³-hybridized carbons (Fsp3) is 0.0909. The lowest BCUT2D eigenvalue weighted by atomic mass is 10.4. The second-order valence-electron chi connectivity index (χ2n) is 3.07. The van der Waals surface area contributed by atoms with Crippen LogP contribution in [0.4, 0.5) is 0 Å². The molecule has 5 heteroatoms. The highest BCUT2D eigenvalue weighted by Crippen LogP contribution is 2.21. The number of nitrogens with zero attached hydrogens (tertiary/aromatic N) is 2. The van der Waals surface area contributed by atoms with E-state index in [1.54, 1.807) is 30.5 Å². The van der Waals surface area contributed by atoms with Gasteiger partial charge >= 0.3 is 0 Å². The van der Waals surface area contributed by atoms with Crippen LogP contribution < -0.4 is 4.74 Å². The van der Waals surface area contributed by atoms with Crippen molar-refractivity contribution in [3.8, 4) is 11.6 Å². The Balaban J connectivity index is 2.20. The Kier molecular flexibility index (Phi) is 3.34. The zero-order valence-electron chi connectivity index (χ0n) is 8.30. The van der Waals surface area contributed by atoms with Crippen molar-refractivity contribution in [2.75, 3.05) is 0 Å². The van der Waals surface area contributed by atoms with E-state index in [2.05, 4.69) is 9.97 Å². The van der Waals surface area contributed by atoms with Crippen LogP contribution in [0.2, 0.25) is 5.02 Å². The lowest BCUT2D eigenvalue weighted by Crippen LogP contribution is -1.93. The summed E-state index contributed by atoms with van der Waals surface area (Å²) < 4.78 is 5.43. The molecule has 0 amide bonds. The van der Waals surface area contributed by atoms with Crippen molar-refractivity contribution >= 4 is 11.6 Å². The number of aliphatic hydroxyl groups excluding tert-OH is 1. The number of rotatable bonds is 3. The van der Waals surface area contributed by atoms with Gasteiger partial charge in [0.05, 0.1) is 23.5 Å². The lowest BCUT2D eigenvalue weighted by Gasteiger charge is -2.05. The fourth-order valence-electron chi connectivity index (χ4n) is 1.17. The standard InChI is InChI=1S/C11H9ClN2O2/c12-8-4-10(6-13-5-8)16-11-3-1-2-9(7-15)14-11/h1-6,15H,7H2. The van der Waals surface area contributed by atoms with Crippen LogP contribution in [0.25, 0.3) is 0 Å². The second-order valence-corrected chi connectivity index (χ2v) is 3.50. The molecule has 2 aromatic heterocycles. The molecule has 0 atom stereocenters. The third kappa shape index (κ3) is 2.68. The summed E-state index contributed by atoms with van der Waals surface area (Å²) in [6.45, 7) is -0.120. The SMILES string of the molecule is OCc1cccc(Oc2cncc(Cl)c2)n1. The van der Waals surface area contributed by atoms with Crippen LogP contribution >= 0.6 is 11.6 Å². The Morgan fingerprint density at radius 3 is 2.94 bits per heavy atom. The normalized spacial score (nSPS) is 10.1. The van der Waals surface area contributed by atoms with Crippen LogP contribution in [0, 0.1) is 0 Å². The molecule has 0 aliphatic rings. The molecule has 0 radical (unpaired) electrons. The zero-order chi connectivity index (χ0) is 11.4. The third-order valence-corrected chi connectivity index (χ3v) is 2.05. The smallest absolute Gasteiger partial charge is 0.219 e. The first-order valence-corrected chi connectivity index (χ1v) is 5.01. The third-order valence-electron chi connectivity index (χ3n) is 1.85. The number of aliphatic hydroxyl groups is 1. The molecule has 0 aliphatic heterocycles. The molecule has 0 fully saturated rings. The van der Waals surface area contributed by atoms with E-state index in [9.17, 15) is 0 Å². The van der Waals surface area contributed by atoms with E-state index in [-0.39, 0.29) is 6.61 Å². The van der Waals surface area contributed by atoms with Crippen LogP contribution in [0.15, 0.2) is 36.7 Å². The summed E-state index contributed by atoms with van der Waals surface area (Å²) in [5, 5.41) is 9.42. The van der Waals surface area contributed by atoms with Gasteiger partial charge in [0.15, 0.2) is 0 Å². The van der Waals surface area contributed by atoms with Gasteiger partial charge in [-0.05, 0) is 6.07 Å². The fourth-order valence-corrected chi connectivity index (χ4v) is 1.34. The molecule has 0 unspecified atom stereocenters. The van der Waals surface area contributed by atoms with E-state index in [1.807, 2.05) is 0 Å². The second kappa shape index (κ2) is 4.92. The first-order chi connectivity index (χ1) is 7.78. The molecule has 0 aliphatic carbocycles. The van der Waals surface area contributed by atoms with Crippen molar-refractivity contribution in [1.82, 2.24) is 9.97 Å². The minimum Gasteiger partial charge on any atom is -0.437 e. The average molecular weight is 237 g/mol. The molecule has 2 heterocycles. The van der Waals surface area contributed by atoms with Crippen molar-refractivity contribution in [2.45, 2.75) is 6.61 Å². The summed E-state index contributed by atoms with van der Waals surface area (Å²) in [6, 6.07) is 6.80. The van der Waals surface area contributed by atoms with Crippen LogP contribution in [0.1, 0.15) is 5.69 Å². The molecule has 2 aromatic rings. The molecule has 82 valence electrons. The Morgan fingerprint density at radius 2 is 2.19 bits per heavy atom. The molecule has 0 aromatic carbocycles. The number of aromatic nitrogens is 2. The van der Waals surface area contributed by atoms with Gasteiger partial charge in [0.2, 0.25) is 5.88 Å². The Morgan fingerprint density at radius 1 is 1.31 bits per heavy atom. The molecular formula is C11H9ClN2O2. The van der Waals surface area contributed by atoms with Crippen LogP contribution in [0.5, 0.6) is 11.6 Å². The van der Waals surface area contributed by atoms with Crippen LogP contribution in [-0.4, -0.2) is 15.1 Å². The summed E-state index contributed by atoms with van der Waals surface area (Å²) in [4.78, 5) is 7.96.